The number of carbonyl (C=O) groups excluding carboxylic acids is 1. The van der Waals surface area contributed by atoms with Gasteiger partial charge in [-0.25, -0.2) is 0 Å². The van der Waals surface area contributed by atoms with Gasteiger partial charge in [0.15, 0.2) is 5.78 Å². The van der Waals surface area contributed by atoms with Crippen molar-refractivity contribution >= 4 is 17.4 Å². The van der Waals surface area contributed by atoms with Crippen LogP contribution in [0.25, 0.3) is 11.1 Å². The van der Waals surface area contributed by atoms with Gasteiger partial charge < -0.3 is 0 Å². The number of hydrogen-bond acceptors (Lipinski definition) is 1. The van der Waals surface area contributed by atoms with E-state index >= 15 is 0 Å². The van der Waals surface area contributed by atoms with E-state index in [1.165, 1.54) is 11.1 Å². The van der Waals surface area contributed by atoms with Crippen LogP contribution in [0, 0.1) is 13.8 Å². The van der Waals surface area contributed by atoms with Gasteiger partial charge in [-0.05, 0) is 42.7 Å². The lowest BCUT2D eigenvalue weighted by molar-refractivity contribution is 0.103. The summed E-state index contributed by atoms with van der Waals surface area (Å²) in [4.78, 5) is 12.6. The van der Waals surface area contributed by atoms with Gasteiger partial charge >= 0.3 is 0 Å². The van der Waals surface area contributed by atoms with Gasteiger partial charge in [0, 0.05) is 11.1 Å². The molecular formula is C21H17ClO. The highest BCUT2D eigenvalue weighted by Gasteiger charge is 2.14. The molecule has 0 aliphatic carbocycles. The van der Waals surface area contributed by atoms with Gasteiger partial charge in [0.1, 0.15) is 0 Å². The molecule has 0 aliphatic rings. The second-order valence-electron chi connectivity index (χ2n) is 5.71. The highest BCUT2D eigenvalue weighted by molar-refractivity contribution is 6.35. The molecule has 0 radical (unpaired) electrons. The minimum atomic E-state index is -0.0527. The monoisotopic (exact) mass is 320 g/mol. The van der Waals surface area contributed by atoms with Crippen LogP contribution in [-0.4, -0.2) is 5.78 Å². The Morgan fingerprint density at radius 1 is 0.870 bits per heavy atom. The van der Waals surface area contributed by atoms with Crippen molar-refractivity contribution in [1.29, 1.82) is 0 Å². The summed E-state index contributed by atoms with van der Waals surface area (Å²) in [6, 6.07) is 21.2. The maximum absolute atomic E-state index is 12.6. The molecule has 0 heterocycles. The Kier molecular flexibility index (Phi) is 4.31. The van der Waals surface area contributed by atoms with E-state index in [9.17, 15) is 4.79 Å². The maximum atomic E-state index is 12.6. The van der Waals surface area contributed by atoms with Gasteiger partial charge in [-0.2, -0.15) is 0 Å². The zero-order valence-electron chi connectivity index (χ0n) is 13.1. The van der Waals surface area contributed by atoms with E-state index < -0.39 is 0 Å². The smallest absolute Gasteiger partial charge is 0.194 e. The van der Waals surface area contributed by atoms with Crippen LogP contribution < -0.4 is 0 Å². The van der Waals surface area contributed by atoms with E-state index in [1.54, 1.807) is 12.1 Å². The first-order valence-corrected chi connectivity index (χ1v) is 7.91. The van der Waals surface area contributed by atoms with Crippen LogP contribution in [0.3, 0.4) is 0 Å². The molecule has 114 valence electrons. The topological polar surface area (TPSA) is 17.1 Å². The molecule has 0 atom stereocenters. The summed E-state index contributed by atoms with van der Waals surface area (Å²) in [5.41, 5.74) is 5.74. The molecule has 0 N–H and O–H groups in total. The third kappa shape index (κ3) is 3.20. The fourth-order valence-electron chi connectivity index (χ4n) is 2.66. The quantitative estimate of drug-likeness (QED) is 0.553. The fourth-order valence-corrected chi connectivity index (χ4v) is 2.93. The van der Waals surface area contributed by atoms with E-state index in [2.05, 4.69) is 32.0 Å². The Balaban J connectivity index is 2.02. The van der Waals surface area contributed by atoms with Crippen LogP contribution >= 0.6 is 11.6 Å². The molecule has 0 aliphatic heterocycles. The molecule has 23 heavy (non-hydrogen) atoms. The number of halogens is 1. The summed E-state index contributed by atoms with van der Waals surface area (Å²) in [6.07, 6.45) is 0. The summed E-state index contributed by atoms with van der Waals surface area (Å²) < 4.78 is 0. The highest BCUT2D eigenvalue weighted by atomic mass is 35.5. The first-order chi connectivity index (χ1) is 11.1. The van der Waals surface area contributed by atoms with Crippen molar-refractivity contribution in [3.63, 3.8) is 0 Å². The van der Waals surface area contributed by atoms with Gasteiger partial charge in [-0.1, -0.05) is 71.8 Å². The molecule has 0 fully saturated rings. The van der Waals surface area contributed by atoms with Crippen molar-refractivity contribution < 1.29 is 4.79 Å². The van der Waals surface area contributed by atoms with Gasteiger partial charge in [0.05, 0.1) is 5.02 Å². The predicted octanol–water partition coefficient (Wildman–Crippen LogP) is 5.85. The minimum Gasteiger partial charge on any atom is -0.289 e. The molecule has 3 rings (SSSR count). The third-order valence-corrected chi connectivity index (χ3v) is 4.27. The predicted molar refractivity (Wildman–Crippen MR) is 96.2 cm³/mol. The molecule has 0 saturated heterocycles. The maximum Gasteiger partial charge on any atom is 0.194 e. The first-order valence-electron chi connectivity index (χ1n) is 7.53. The number of ketones is 1. The van der Waals surface area contributed by atoms with Crippen LogP contribution in [0.4, 0.5) is 0 Å². The lowest BCUT2D eigenvalue weighted by Gasteiger charge is -2.10. The zero-order chi connectivity index (χ0) is 16.4. The van der Waals surface area contributed by atoms with Crippen LogP contribution in [0.2, 0.25) is 5.02 Å². The Morgan fingerprint density at radius 3 is 2.30 bits per heavy atom. The van der Waals surface area contributed by atoms with Crippen LogP contribution in [0.5, 0.6) is 0 Å². The number of carbonyl (C=O) groups is 1. The molecule has 0 unspecified atom stereocenters. The molecule has 1 nitrogen and oxygen atoms in total. The lowest BCUT2D eigenvalue weighted by Crippen LogP contribution is -2.02. The highest BCUT2D eigenvalue weighted by Crippen LogP contribution is 2.29. The summed E-state index contributed by atoms with van der Waals surface area (Å²) in [5, 5.41) is 0.484. The summed E-state index contributed by atoms with van der Waals surface area (Å²) in [5.74, 6) is -0.0527. The summed E-state index contributed by atoms with van der Waals surface area (Å²) in [7, 11) is 0. The van der Waals surface area contributed by atoms with Gasteiger partial charge in [-0.15, -0.1) is 0 Å². The average Bonchev–Trinajstić information content (AvgIpc) is 2.57. The van der Waals surface area contributed by atoms with Crippen molar-refractivity contribution in [2.45, 2.75) is 13.8 Å². The largest absolute Gasteiger partial charge is 0.289 e. The Hall–Kier alpha value is -2.38. The number of benzene rings is 3. The Bertz CT molecular complexity index is 866. The fraction of sp³-hybridized carbons (Fsp3) is 0.0952. The Labute approximate surface area is 141 Å². The van der Waals surface area contributed by atoms with E-state index in [0.717, 1.165) is 11.1 Å². The van der Waals surface area contributed by atoms with Crippen molar-refractivity contribution in [3.05, 3.63) is 94.0 Å². The lowest BCUT2D eigenvalue weighted by atomic mass is 9.96. The van der Waals surface area contributed by atoms with E-state index in [1.807, 2.05) is 36.4 Å². The van der Waals surface area contributed by atoms with Crippen molar-refractivity contribution in [2.75, 3.05) is 0 Å². The molecule has 0 aromatic heterocycles. The standard InChI is InChI=1S/C21H17ClO/c1-14-8-9-15(2)19(12-14)17-10-11-18(20(22)13-17)21(23)16-6-4-3-5-7-16/h3-13H,1-2H3. The summed E-state index contributed by atoms with van der Waals surface area (Å²) >= 11 is 6.40. The van der Waals surface area contributed by atoms with E-state index in [-0.39, 0.29) is 5.78 Å². The third-order valence-electron chi connectivity index (χ3n) is 3.95. The van der Waals surface area contributed by atoms with Crippen LogP contribution in [-0.2, 0) is 0 Å². The molecule has 0 saturated carbocycles. The first kappa shape index (κ1) is 15.5. The number of aryl methyl sites for hydroxylation is 2. The zero-order valence-corrected chi connectivity index (χ0v) is 13.9. The van der Waals surface area contributed by atoms with Gasteiger partial charge in [-0.3, -0.25) is 4.79 Å². The molecule has 0 amide bonds. The van der Waals surface area contributed by atoms with Crippen LogP contribution in [0.15, 0.2) is 66.7 Å². The van der Waals surface area contributed by atoms with Crippen molar-refractivity contribution in [2.24, 2.45) is 0 Å². The second kappa shape index (κ2) is 6.39. The Morgan fingerprint density at radius 2 is 1.61 bits per heavy atom. The number of hydrogen-bond donors (Lipinski definition) is 0. The summed E-state index contributed by atoms with van der Waals surface area (Å²) in [6.45, 7) is 4.14. The molecule has 3 aromatic rings. The molecule has 3 aromatic carbocycles. The van der Waals surface area contributed by atoms with Crippen molar-refractivity contribution in [1.82, 2.24) is 0 Å². The van der Waals surface area contributed by atoms with Gasteiger partial charge in [0.25, 0.3) is 0 Å². The molecule has 2 heteroatoms. The van der Waals surface area contributed by atoms with Crippen molar-refractivity contribution in [3.8, 4) is 11.1 Å². The van der Waals surface area contributed by atoms with E-state index in [4.69, 9.17) is 11.6 Å². The molecule has 0 spiro atoms. The molecular weight excluding hydrogens is 304 g/mol. The SMILES string of the molecule is Cc1ccc(C)c(-c2ccc(C(=O)c3ccccc3)c(Cl)c2)c1. The minimum absolute atomic E-state index is 0.0527. The normalized spacial score (nSPS) is 10.6. The number of rotatable bonds is 3. The molecule has 0 bridgehead atoms. The van der Waals surface area contributed by atoms with Crippen LogP contribution in [0.1, 0.15) is 27.0 Å². The van der Waals surface area contributed by atoms with E-state index in [0.29, 0.717) is 16.1 Å². The second-order valence-corrected chi connectivity index (χ2v) is 6.12. The van der Waals surface area contributed by atoms with Gasteiger partial charge in [0.2, 0.25) is 0 Å². The average molecular weight is 321 g/mol.